The number of nitrogens with two attached hydrogens (primary N) is 8. The summed E-state index contributed by atoms with van der Waals surface area (Å²) >= 11 is 0. The Morgan fingerprint density at radius 1 is 0.541 bits per heavy atom. The molecule has 360 valence electrons. The van der Waals surface area contributed by atoms with Gasteiger partial charge in [-0.05, 0) is 26.9 Å². The van der Waals surface area contributed by atoms with Crippen molar-refractivity contribution in [3.63, 3.8) is 0 Å². The van der Waals surface area contributed by atoms with E-state index in [1.807, 2.05) is 9.80 Å². The summed E-state index contributed by atoms with van der Waals surface area (Å²) in [4.78, 5) is 3.67. The van der Waals surface area contributed by atoms with Crippen molar-refractivity contribution in [1.29, 1.82) is 0 Å². The third kappa shape index (κ3) is 14.0. The average Bonchev–Trinajstić information content (AvgIpc) is 3.21. The van der Waals surface area contributed by atoms with Crippen molar-refractivity contribution in [1.82, 2.24) is 9.80 Å². The molecule has 0 amide bonds. The largest absolute Gasteiger partial charge is 0.389 e. The molecule has 2 aliphatic heterocycles. The fourth-order valence-electron chi connectivity index (χ4n) is 8.13. The molecule has 0 radical (unpaired) electrons. The number of hydrogen-bond acceptors (Lipinski definition) is 25. The second kappa shape index (κ2) is 24.5. The number of nitrogens with zero attached hydrogens (tertiary/aromatic N) is 2. The van der Waals surface area contributed by atoms with Crippen molar-refractivity contribution in [2.24, 2.45) is 45.9 Å². The van der Waals surface area contributed by atoms with Crippen LogP contribution in [0.5, 0.6) is 0 Å². The minimum absolute atomic E-state index is 0.107. The second-order valence-corrected chi connectivity index (χ2v) is 17.0. The Labute approximate surface area is 356 Å². The van der Waals surface area contributed by atoms with Crippen LogP contribution in [0.4, 0.5) is 0 Å². The summed E-state index contributed by atoms with van der Waals surface area (Å²) in [6.07, 6.45) is -17.8. The summed E-state index contributed by atoms with van der Waals surface area (Å²) in [6.45, 7) is 1.34. The molecule has 4 fully saturated rings. The highest BCUT2D eigenvalue weighted by molar-refractivity contribution is 5.02. The molecule has 0 bridgehead atoms. The van der Waals surface area contributed by atoms with E-state index in [-0.39, 0.29) is 52.2 Å². The lowest BCUT2D eigenvalue weighted by atomic mass is 9.84. The van der Waals surface area contributed by atoms with Gasteiger partial charge in [-0.15, -0.1) is 0 Å². The van der Waals surface area contributed by atoms with Crippen molar-refractivity contribution in [3.8, 4) is 0 Å². The molecule has 25 nitrogen and oxygen atoms in total. The Morgan fingerprint density at radius 3 is 1.25 bits per heavy atom. The van der Waals surface area contributed by atoms with Crippen LogP contribution in [0.2, 0.25) is 0 Å². The van der Waals surface area contributed by atoms with E-state index >= 15 is 0 Å². The van der Waals surface area contributed by atoms with Crippen molar-refractivity contribution < 1.29 is 74.0 Å². The van der Waals surface area contributed by atoms with E-state index in [1.54, 1.807) is 14.1 Å². The molecule has 0 aromatic carbocycles. The van der Waals surface area contributed by atoms with Crippen molar-refractivity contribution >= 4 is 0 Å². The van der Waals surface area contributed by atoms with Gasteiger partial charge in [0.2, 0.25) is 0 Å². The van der Waals surface area contributed by atoms with Gasteiger partial charge in [0.1, 0.15) is 61.0 Å². The van der Waals surface area contributed by atoms with Gasteiger partial charge in [-0.3, -0.25) is 0 Å². The number of ether oxygens (including phenoxy) is 7. The first-order chi connectivity index (χ1) is 28.8. The highest BCUT2D eigenvalue weighted by Gasteiger charge is 2.50. The fourth-order valence-corrected chi connectivity index (χ4v) is 8.13. The summed E-state index contributed by atoms with van der Waals surface area (Å²) in [6, 6.07) is -5.18. The Morgan fingerprint density at radius 2 is 0.902 bits per heavy atom. The van der Waals surface area contributed by atoms with Gasteiger partial charge >= 0.3 is 0 Å². The average molecular weight is 889 g/mol. The van der Waals surface area contributed by atoms with Gasteiger partial charge in [0.25, 0.3) is 0 Å². The van der Waals surface area contributed by atoms with Crippen LogP contribution in [0.25, 0.3) is 0 Å². The molecular formula is C36H76N10O15. The van der Waals surface area contributed by atoms with Crippen LogP contribution in [0.1, 0.15) is 12.8 Å². The van der Waals surface area contributed by atoms with Gasteiger partial charge in [0, 0.05) is 63.4 Å². The van der Waals surface area contributed by atoms with Gasteiger partial charge < -0.3 is 130 Å². The van der Waals surface area contributed by atoms with Crippen LogP contribution in [-0.4, -0.2) is 265 Å². The molecule has 25 heteroatoms. The number of rotatable bonds is 22. The molecule has 61 heavy (non-hydrogen) atoms. The maximum Gasteiger partial charge on any atom is 0.176 e. The lowest BCUT2D eigenvalue weighted by Gasteiger charge is -2.47. The number of aliphatic hydroxyl groups excluding tert-OH is 8. The fraction of sp³-hybridized carbons (Fsp3) is 1.00. The lowest BCUT2D eigenvalue weighted by molar-refractivity contribution is -0.292. The van der Waals surface area contributed by atoms with Crippen LogP contribution in [0.3, 0.4) is 0 Å². The quantitative estimate of drug-likeness (QED) is 0.0449. The van der Waals surface area contributed by atoms with Crippen molar-refractivity contribution in [3.05, 3.63) is 0 Å². The molecule has 4 rings (SSSR count). The van der Waals surface area contributed by atoms with E-state index in [0.29, 0.717) is 26.3 Å². The SMILES string of the molecule is CN(CCOCCN(C)C[C@@H](O)COC1[C@@H](O)[C@H](N)C[C@H](N)[C@H]1O[C@H]1O[C@H](CN)[C@@H](O)[C@H](O)[C@H]1N)C[C@@H](O)COC1[C@@H](O[C@@H]2O[C@@H](CN)[C@H](O)[C@@H](O)[C@@H]2N)[C@H](N)C[C@H](N)[C@H]1O. The second-order valence-electron chi connectivity index (χ2n) is 17.0. The van der Waals surface area contributed by atoms with Crippen LogP contribution in [0.15, 0.2) is 0 Å². The number of aliphatic hydroxyl groups is 8. The summed E-state index contributed by atoms with van der Waals surface area (Å²) in [5, 5.41) is 84.7. The highest BCUT2D eigenvalue weighted by Crippen LogP contribution is 2.30. The van der Waals surface area contributed by atoms with Gasteiger partial charge in [0.05, 0.1) is 62.9 Å². The molecule has 22 atom stereocenters. The molecule has 2 aliphatic carbocycles. The topological polar surface area (TPSA) is 441 Å². The Kier molecular flexibility index (Phi) is 21.1. The van der Waals surface area contributed by atoms with Crippen LogP contribution >= 0.6 is 0 Å². The van der Waals surface area contributed by atoms with Crippen molar-refractivity contribution in [2.75, 3.05) is 79.8 Å². The highest BCUT2D eigenvalue weighted by atomic mass is 16.7. The van der Waals surface area contributed by atoms with E-state index in [1.165, 1.54) is 0 Å². The maximum absolute atomic E-state index is 10.9. The predicted molar refractivity (Wildman–Crippen MR) is 216 cm³/mol. The molecule has 2 saturated heterocycles. The molecule has 2 unspecified atom stereocenters. The maximum atomic E-state index is 10.9. The minimum Gasteiger partial charge on any atom is -0.389 e. The molecule has 0 spiro atoms. The number of likely N-dealkylation sites (N-methyl/N-ethyl adjacent to an activating group) is 2. The lowest BCUT2D eigenvalue weighted by Crippen LogP contribution is -2.68. The molecule has 2 heterocycles. The molecule has 4 aliphatic rings. The van der Waals surface area contributed by atoms with Gasteiger partial charge in [0.15, 0.2) is 12.6 Å². The zero-order valence-electron chi connectivity index (χ0n) is 35.1. The molecular weight excluding hydrogens is 812 g/mol. The first-order valence-electron chi connectivity index (χ1n) is 21.0. The molecule has 24 N–H and O–H groups in total. The standard InChI is InChI=1S/C36H76N10O15/c1-45(11-15(47)13-56-33-25(49)17(39)7-19(41)31(33)60-35-23(43)29(53)27(51)21(9-37)58-35)3-5-55-6-4-46(2)12-16(48)14-57-34-26(50)18(40)8-20(42)32(34)61-36-24(44)30(54)28(52)22(10-38)59-36/h15-36,47-54H,3-14,37-44H2,1-2H3/t15-,16-,17-,18+,19+,20-,21-,22+,23-,24+,25+,26-,27-,28+,29-,30+,31-,32+,33?,34?,35-,36+/m1/s1. The van der Waals surface area contributed by atoms with Crippen molar-refractivity contribution in [2.45, 2.75) is 147 Å². The normalized spacial score (nSPS) is 43.5. The van der Waals surface area contributed by atoms with Crippen LogP contribution in [-0.2, 0) is 33.2 Å². The molecule has 0 aromatic rings. The summed E-state index contributed by atoms with van der Waals surface area (Å²) < 4.78 is 41.1. The van der Waals surface area contributed by atoms with E-state index in [2.05, 4.69) is 0 Å². The third-order valence-electron chi connectivity index (χ3n) is 11.9. The zero-order chi connectivity index (χ0) is 45.3. The third-order valence-corrected chi connectivity index (χ3v) is 11.9. The van der Waals surface area contributed by atoms with Gasteiger partial charge in [-0.2, -0.15) is 0 Å². The monoisotopic (exact) mass is 889 g/mol. The molecule has 0 aromatic heterocycles. The Balaban J connectivity index is 1.15. The van der Waals surface area contributed by atoms with Crippen LogP contribution in [0, 0.1) is 0 Å². The van der Waals surface area contributed by atoms with Gasteiger partial charge in [-0.1, -0.05) is 0 Å². The first-order valence-corrected chi connectivity index (χ1v) is 21.0. The first kappa shape index (κ1) is 52.6. The van der Waals surface area contributed by atoms with E-state index in [0.717, 1.165) is 0 Å². The van der Waals surface area contributed by atoms with Gasteiger partial charge in [-0.25, -0.2) is 0 Å². The minimum atomic E-state index is -1.38. The number of hydrogen-bond donors (Lipinski definition) is 16. The van der Waals surface area contributed by atoms with Crippen LogP contribution < -0.4 is 45.9 Å². The predicted octanol–water partition coefficient (Wildman–Crippen LogP) is -10.6. The Hall–Kier alpha value is -1.00. The Bertz CT molecular complexity index is 1170. The van der Waals surface area contributed by atoms with E-state index < -0.39 is 134 Å². The zero-order valence-corrected chi connectivity index (χ0v) is 35.1. The summed E-state index contributed by atoms with van der Waals surface area (Å²) in [5.74, 6) is 0. The van der Waals surface area contributed by atoms with E-state index in [9.17, 15) is 40.9 Å². The summed E-state index contributed by atoms with van der Waals surface area (Å²) in [7, 11) is 3.58. The summed E-state index contributed by atoms with van der Waals surface area (Å²) in [5.41, 5.74) is 48.4. The smallest absolute Gasteiger partial charge is 0.176 e. The van der Waals surface area contributed by atoms with E-state index in [4.69, 9.17) is 79.0 Å². The molecule has 2 saturated carbocycles.